The Labute approximate surface area is 235 Å². The average molecular weight is 576 g/mol. The van der Waals surface area contributed by atoms with Crippen molar-refractivity contribution in [1.82, 2.24) is 14.6 Å². The summed E-state index contributed by atoms with van der Waals surface area (Å²) >= 11 is 6.96. The number of ether oxygens (including phenoxy) is 1. The fourth-order valence-electron chi connectivity index (χ4n) is 5.01. The maximum Gasteiger partial charge on any atom is 0.402 e. The van der Waals surface area contributed by atoms with Crippen LogP contribution in [0.3, 0.4) is 0 Å². The van der Waals surface area contributed by atoms with Gasteiger partial charge in [0.1, 0.15) is 18.9 Å². The molecule has 0 saturated carbocycles. The van der Waals surface area contributed by atoms with Gasteiger partial charge in [-0.1, -0.05) is 35.9 Å². The van der Waals surface area contributed by atoms with E-state index in [1.165, 1.54) is 0 Å². The highest BCUT2D eigenvalue weighted by molar-refractivity contribution is 7.97. The molecule has 0 unspecified atom stereocenters. The predicted molar refractivity (Wildman–Crippen MR) is 148 cm³/mol. The number of aromatic nitrogens is 1. The standard InChI is InChI=1S/C29H29ClF3N3O2S/c30-21-7-5-20(6-8-21)28(37)11-15-36(16-12-28)14-2-4-23-24-3-1-13-34-26(24)18-38-27-10-9-22(17-25(23)27)39-35-19-29(31,32)33/h1,3-10,13,17,35,37H,2,11-12,14-16,18-19H2/b23-4+. The molecule has 1 saturated heterocycles. The zero-order chi connectivity index (χ0) is 27.5. The van der Waals surface area contributed by atoms with Gasteiger partial charge in [0.15, 0.2) is 0 Å². The lowest BCUT2D eigenvalue weighted by Gasteiger charge is -2.38. The molecule has 0 bridgehead atoms. The fourth-order valence-corrected chi connectivity index (χ4v) is 5.85. The Hall–Kier alpha value is -2.56. The lowest BCUT2D eigenvalue weighted by Crippen LogP contribution is -2.42. The molecule has 0 radical (unpaired) electrons. The fraction of sp³-hybridized carbons (Fsp3) is 0.345. The number of nitrogens with zero attached hydrogens (tertiary/aromatic N) is 2. The van der Waals surface area contributed by atoms with E-state index in [2.05, 4.69) is 20.7 Å². The van der Waals surface area contributed by atoms with Gasteiger partial charge in [0.2, 0.25) is 0 Å². The summed E-state index contributed by atoms with van der Waals surface area (Å²) in [4.78, 5) is 7.51. The van der Waals surface area contributed by atoms with Crippen LogP contribution in [0.25, 0.3) is 5.57 Å². The third-order valence-corrected chi connectivity index (χ3v) is 8.14. The highest BCUT2D eigenvalue weighted by Crippen LogP contribution is 2.39. The van der Waals surface area contributed by atoms with Crippen molar-refractivity contribution in [3.05, 3.63) is 94.3 Å². The van der Waals surface area contributed by atoms with Crippen molar-refractivity contribution < 1.29 is 23.0 Å². The predicted octanol–water partition coefficient (Wildman–Crippen LogP) is 6.59. The zero-order valence-electron chi connectivity index (χ0n) is 21.2. The Balaban J connectivity index is 1.30. The van der Waals surface area contributed by atoms with E-state index in [9.17, 15) is 18.3 Å². The van der Waals surface area contributed by atoms with Gasteiger partial charge in [0, 0.05) is 46.9 Å². The molecule has 0 spiro atoms. The van der Waals surface area contributed by atoms with E-state index in [1.807, 2.05) is 42.5 Å². The van der Waals surface area contributed by atoms with Crippen LogP contribution in [0.5, 0.6) is 5.75 Å². The second-order valence-electron chi connectivity index (χ2n) is 9.77. The Kier molecular flexibility index (Phi) is 8.54. The Bertz CT molecular complexity index is 1330. The number of halogens is 4. The van der Waals surface area contributed by atoms with Crippen molar-refractivity contribution in [1.29, 1.82) is 0 Å². The molecule has 5 rings (SSSR count). The molecular formula is C29H29ClF3N3O2S. The van der Waals surface area contributed by atoms with E-state index in [4.69, 9.17) is 16.3 Å². The Morgan fingerprint density at radius 2 is 1.87 bits per heavy atom. The molecule has 3 aromatic rings. The van der Waals surface area contributed by atoms with Crippen LogP contribution in [-0.2, 0) is 12.2 Å². The van der Waals surface area contributed by atoms with E-state index in [1.54, 1.807) is 18.3 Å². The molecule has 2 aromatic carbocycles. The van der Waals surface area contributed by atoms with Gasteiger partial charge < -0.3 is 14.7 Å². The van der Waals surface area contributed by atoms with Crippen LogP contribution in [0.4, 0.5) is 13.2 Å². The second-order valence-corrected chi connectivity index (χ2v) is 11.2. The summed E-state index contributed by atoms with van der Waals surface area (Å²) in [6, 6.07) is 16.7. The molecule has 39 heavy (non-hydrogen) atoms. The number of rotatable bonds is 7. The van der Waals surface area contributed by atoms with E-state index < -0.39 is 18.3 Å². The van der Waals surface area contributed by atoms with Crippen molar-refractivity contribution in [2.24, 2.45) is 0 Å². The monoisotopic (exact) mass is 575 g/mol. The first kappa shape index (κ1) is 28.0. The molecule has 10 heteroatoms. The van der Waals surface area contributed by atoms with Crippen molar-refractivity contribution in [2.45, 2.75) is 42.5 Å². The number of fused-ring (bicyclic) bond motifs is 2. The summed E-state index contributed by atoms with van der Waals surface area (Å²) in [6.45, 7) is 1.59. The summed E-state index contributed by atoms with van der Waals surface area (Å²) in [5, 5.41) is 11.8. The number of hydrogen-bond acceptors (Lipinski definition) is 6. The molecule has 3 heterocycles. The number of aliphatic hydroxyl groups is 1. The summed E-state index contributed by atoms with van der Waals surface area (Å²) in [5.74, 6) is 0.672. The Morgan fingerprint density at radius 1 is 1.10 bits per heavy atom. The molecule has 1 fully saturated rings. The molecular weight excluding hydrogens is 547 g/mol. The van der Waals surface area contributed by atoms with Crippen molar-refractivity contribution >= 4 is 29.1 Å². The molecule has 5 nitrogen and oxygen atoms in total. The highest BCUT2D eigenvalue weighted by Gasteiger charge is 2.33. The van der Waals surface area contributed by atoms with Gasteiger partial charge in [0.25, 0.3) is 0 Å². The van der Waals surface area contributed by atoms with Crippen molar-refractivity contribution in [3.63, 3.8) is 0 Å². The molecule has 2 N–H and O–H groups in total. The Morgan fingerprint density at radius 3 is 2.62 bits per heavy atom. The molecule has 2 aliphatic heterocycles. The van der Waals surface area contributed by atoms with Crippen LogP contribution in [0, 0.1) is 0 Å². The van der Waals surface area contributed by atoms with Crippen LogP contribution in [0.1, 0.15) is 41.6 Å². The summed E-state index contributed by atoms with van der Waals surface area (Å²) in [6.07, 6.45) is 1.64. The number of alkyl halides is 3. The van der Waals surface area contributed by atoms with Crippen LogP contribution in [0.2, 0.25) is 5.02 Å². The maximum atomic E-state index is 12.6. The molecule has 0 aliphatic carbocycles. The first-order valence-electron chi connectivity index (χ1n) is 12.8. The normalized spacial score (nSPS) is 18.2. The number of pyridine rings is 1. The molecule has 0 atom stereocenters. The number of hydrogen-bond donors (Lipinski definition) is 2. The number of piperidine rings is 1. The van der Waals surface area contributed by atoms with Crippen LogP contribution in [-0.4, -0.2) is 47.3 Å². The van der Waals surface area contributed by atoms with E-state index >= 15 is 0 Å². The van der Waals surface area contributed by atoms with Crippen LogP contribution < -0.4 is 9.46 Å². The number of benzene rings is 2. The molecule has 0 amide bonds. The van der Waals surface area contributed by atoms with Gasteiger partial charge in [-0.2, -0.15) is 13.2 Å². The topological polar surface area (TPSA) is 57.6 Å². The lowest BCUT2D eigenvalue weighted by molar-refractivity contribution is -0.120. The second kappa shape index (κ2) is 11.9. The van der Waals surface area contributed by atoms with Gasteiger partial charge in [-0.15, -0.1) is 0 Å². The zero-order valence-corrected chi connectivity index (χ0v) is 22.8. The largest absolute Gasteiger partial charge is 0.487 e. The highest BCUT2D eigenvalue weighted by atomic mass is 35.5. The van der Waals surface area contributed by atoms with Crippen LogP contribution >= 0.6 is 23.5 Å². The van der Waals surface area contributed by atoms with E-state index in [0.29, 0.717) is 35.1 Å². The van der Waals surface area contributed by atoms with Crippen molar-refractivity contribution in [2.75, 3.05) is 26.2 Å². The SMILES string of the molecule is OC1(c2ccc(Cl)cc2)CCN(CC/C=C2/c3cc(SNCC(F)(F)F)ccc3OCc3ncccc32)CC1. The third-order valence-electron chi connectivity index (χ3n) is 7.11. The van der Waals surface area contributed by atoms with Gasteiger partial charge in [-0.3, -0.25) is 9.71 Å². The molecule has 2 aliphatic rings. The van der Waals surface area contributed by atoms with Gasteiger partial charge >= 0.3 is 6.18 Å². The minimum absolute atomic E-state index is 0.314. The van der Waals surface area contributed by atoms with Gasteiger partial charge in [-0.25, -0.2) is 0 Å². The minimum Gasteiger partial charge on any atom is -0.487 e. The van der Waals surface area contributed by atoms with Crippen molar-refractivity contribution in [3.8, 4) is 5.75 Å². The van der Waals surface area contributed by atoms with Gasteiger partial charge in [-0.05, 0) is 78.7 Å². The summed E-state index contributed by atoms with van der Waals surface area (Å²) in [7, 11) is 0. The lowest BCUT2D eigenvalue weighted by atomic mass is 9.84. The van der Waals surface area contributed by atoms with E-state index in [-0.39, 0.29) is 0 Å². The first-order valence-corrected chi connectivity index (χ1v) is 14.0. The smallest absolute Gasteiger partial charge is 0.402 e. The minimum atomic E-state index is -4.28. The third kappa shape index (κ3) is 6.96. The first-order chi connectivity index (χ1) is 18.7. The van der Waals surface area contributed by atoms with Gasteiger partial charge in [0.05, 0.1) is 11.3 Å². The summed E-state index contributed by atoms with van der Waals surface area (Å²) in [5.41, 5.74) is 3.60. The molecule has 206 valence electrons. The average Bonchev–Trinajstić information content (AvgIpc) is 3.06. The molecule has 1 aromatic heterocycles. The number of nitrogens with one attached hydrogen (secondary N) is 1. The summed E-state index contributed by atoms with van der Waals surface area (Å²) < 4.78 is 46.3. The van der Waals surface area contributed by atoms with E-state index in [0.717, 1.165) is 66.0 Å². The number of likely N-dealkylation sites (tertiary alicyclic amines) is 1. The van der Waals surface area contributed by atoms with Crippen LogP contribution in [0.15, 0.2) is 71.8 Å². The maximum absolute atomic E-state index is 12.6. The quantitative estimate of drug-likeness (QED) is 0.310.